The Kier molecular flexibility index (Phi) is 9.84. The van der Waals surface area contributed by atoms with E-state index in [0.717, 1.165) is 32.1 Å². The largest absolute Gasteiger partial charge is 0.465 e. The molecule has 1 atom stereocenters. The van der Waals surface area contributed by atoms with E-state index in [-0.39, 0.29) is 17.9 Å². The van der Waals surface area contributed by atoms with E-state index in [1.807, 2.05) is 18.2 Å². The van der Waals surface area contributed by atoms with Crippen molar-refractivity contribution in [2.45, 2.75) is 70.6 Å². The lowest BCUT2D eigenvalue weighted by Gasteiger charge is -2.06. The van der Waals surface area contributed by atoms with Gasteiger partial charge in [-0.1, -0.05) is 69.6 Å². The Labute approximate surface area is 157 Å². The molecule has 1 fully saturated rings. The summed E-state index contributed by atoms with van der Waals surface area (Å²) in [6, 6.07) is 9.14. The fourth-order valence-corrected chi connectivity index (χ4v) is 3.35. The number of carbonyl (C=O) groups excluding carboxylic acids is 2. The Morgan fingerprint density at radius 3 is 2.15 bits per heavy atom. The maximum atomic E-state index is 11.8. The van der Waals surface area contributed by atoms with Gasteiger partial charge in [0.15, 0.2) is 0 Å². The first-order valence-electron chi connectivity index (χ1n) is 10.2. The Bertz CT molecular complexity index is 526. The van der Waals surface area contributed by atoms with Crippen LogP contribution < -0.4 is 0 Å². The summed E-state index contributed by atoms with van der Waals surface area (Å²) < 4.78 is 10.3. The molecular formula is C22H32O4. The topological polar surface area (TPSA) is 52.6 Å². The number of benzene rings is 1. The second-order valence-corrected chi connectivity index (χ2v) is 7.13. The summed E-state index contributed by atoms with van der Waals surface area (Å²) in [5.41, 5.74) is 0.623. The van der Waals surface area contributed by atoms with Crippen molar-refractivity contribution in [2.75, 3.05) is 13.2 Å². The maximum absolute atomic E-state index is 11.8. The first-order valence-corrected chi connectivity index (χ1v) is 10.2. The lowest BCUT2D eigenvalue weighted by Crippen LogP contribution is -2.06. The third-order valence-electron chi connectivity index (χ3n) is 4.98. The molecule has 0 saturated carbocycles. The molecule has 0 N–H and O–H groups in total. The summed E-state index contributed by atoms with van der Waals surface area (Å²) in [5, 5.41) is 0. The van der Waals surface area contributed by atoms with Crippen LogP contribution in [0.15, 0.2) is 30.3 Å². The van der Waals surface area contributed by atoms with E-state index in [0.29, 0.717) is 18.8 Å². The highest BCUT2D eigenvalue weighted by molar-refractivity contribution is 5.89. The number of ether oxygens (including phenoxy) is 2. The molecular weight excluding hydrogens is 328 g/mol. The molecule has 1 aliphatic rings. The monoisotopic (exact) mass is 360 g/mol. The van der Waals surface area contributed by atoms with Crippen LogP contribution in [0.3, 0.4) is 0 Å². The van der Waals surface area contributed by atoms with Gasteiger partial charge in [-0.3, -0.25) is 4.79 Å². The molecule has 0 bridgehead atoms. The van der Waals surface area contributed by atoms with Crippen molar-refractivity contribution in [2.24, 2.45) is 5.92 Å². The third-order valence-corrected chi connectivity index (χ3v) is 4.98. The molecule has 0 radical (unpaired) electrons. The van der Waals surface area contributed by atoms with E-state index >= 15 is 0 Å². The Morgan fingerprint density at radius 1 is 0.923 bits per heavy atom. The molecule has 0 amide bonds. The van der Waals surface area contributed by atoms with Crippen LogP contribution in [0.25, 0.3) is 0 Å². The summed E-state index contributed by atoms with van der Waals surface area (Å²) in [6.45, 7) is 1.13. The molecule has 0 aliphatic carbocycles. The van der Waals surface area contributed by atoms with Gasteiger partial charge in [0.25, 0.3) is 0 Å². The van der Waals surface area contributed by atoms with Gasteiger partial charge in [-0.25, -0.2) is 4.79 Å². The molecule has 1 unspecified atom stereocenters. The van der Waals surface area contributed by atoms with E-state index in [2.05, 4.69) is 0 Å². The lowest BCUT2D eigenvalue weighted by atomic mass is 9.99. The van der Waals surface area contributed by atoms with Gasteiger partial charge in [-0.05, 0) is 31.4 Å². The van der Waals surface area contributed by atoms with Gasteiger partial charge < -0.3 is 9.47 Å². The Hall–Kier alpha value is -1.84. The number of unbranched alkanes of at least 4 members (excludes halogenated alkanes) is 8. The highest BCUT2D eigenvalue weighted by atomic mass is 16.5. The summed E-state index contributed by atoms with van der Waals surface area (Å²) in [6.07, 6.45) is 12.6. The highest BCUT2D eigenvalue weighted by Crippen LogP contribution is 2.21. The standard InChI is InChI=1S/C22H32O4/c23-21(19-13-10-8-11-14-19)25-17-12-7-5-3-1-2-4-6-9-15-20-16-18-26-22(20)24/h8,10-11,13-14,20H,1-7,9,12,15-18H2. The number of rotatable bonds is 13. The van der Waals surface area contributed by atoms with Crippen molar-refractivity contribution in [1.29, 1.82) is 0 Å². The van der Waals surface area contributed by atoms with Gasteiger partial charge in [-0.15, -0.1) is 0 Å². The van der Waals surface area contributed by atoms with Crippen LogP contribution in [0.4, 0.5) is 0 Å². The molecule has 26 heavy (non-hydrogen) atoms. The average Bonchev–Trinajstić information content (AvgIpc) is 3.08. The van der Waals surface area contributed by atoms with Crippen LogP contribution in [0.2, 0.25) is 0 Å². The molecule has 1 aromatic rings. The zero-order valence-electron chi connectivity index (χ0n) is 15.8. The van der Waals surface area contributed by atoms with Crippen LogP contribution in [0.5, 0.6) is 0 Å². The highest BCUT2D eigenvalue weighted by Gasteiger charge is 2.25. The van der Waals surface area contributed by atoms with Crippen LogP contribution in [-0.2, 0) is 14.3 Å². The average molecular weight is 360 g/mol. The fraction of sp³-hybridized carbons (Fsp3) is 0.636. The van der Waals surface area contributed by atoms with Crippen molar-refractivity contribution in [1.82, 2.24) is 0 Å². The van der Waals surface area contributed by atoms with E-state index < -0.39 is 0 Å². The third kappa shape index (κ3) is 8.03. The molecule has 1 aromatic carbocycles. The number of hydrogen-bond donors (Lipinski definition) is 0. The number of hydrogen-bond acceptors (Lipinski definition) is 4. The van der Waals surface area contributed by atoms with E-state index in [9.17, 15) is 9.59 Å². The Morgan fingerprint density at radius 2 is 1.54 bits per heavy atom. The van der Waals surface area contributed by atoms with Gasteiger partial charge in [0, 0.05) is 0 Å². The van der Waals surface area contributed by atoms with Crippen molar-refractivity contribution in [3.63, 3.8) is 0 Å². The second-order valence-electron chi connectivity index (χ2n) is 7.13. The molecule has 0 aromatic heterocycles. The molecule has 0 spiro atoms. The zero-order chi connectivity index (χ0) is 18.5. The fourth-order valence-electron chi connectivity index (χ4n) is 3.35. The van der Waals surface area contributed by atoms with Crippen LogP contribution in [0, 0.1) is 5.92 Å². The van der Waals surface area contributed by atoms with Crippen molar-refractivity contribution < 1.29 is 19.1 Å². The summed E-state index contributed by atoms with van der Waals surface area (Å²) in [4.78, 5) is 23.1. The normalized spacial score (nSPS) is 16.5. The number of esters is 2. The van der Waals surface area contributed by atoms with E-state index in [1.165, 1.54) is 38.5 Å². The molecule has 144 valence electrons. The SMILES string of the molecule is O=C(OCCCCCCCCCCCC1CCOC1=O)c1ccccc1. The zero-order valence-corrected chi connectivity index (χ0v) is 15.8. The molecule has 4 heteroatoms. The molecule has 4 nitrogen and oxygen atoms in total. The van der Waals surface area contributed by atoms with Crippen LogP contribution in [-0.4, -0.2) is 25.2 Å². The lowest BCUT2D eigenvalue weighted by molar-refractivity contribution is -0.141. The van der Waals surface area contributed by atoms with Crippen LogP contribution in [0.1, 0.15) is 81.0 Å². The van der Waals surface area contributed by atoms with Gasteiger partial charge >= 0.3 is 11.9 Å². The first kappa shape index (κ1) is 20.5. The Balaban J connectivity index is 1.33. The van der Waals surface area contributed by atoms with Gasteiger partial charge in [0.05, 0.1) is 24.7 Å². The summed E-state index contributed by atoms with van der Waals surface area (Å²) >= 11 is 0. The smallest absolute Gasteiger partial charge is 0.338 e. The quantitative estimate of drug-likeness (QED) is 0.353. The van der Waals surface area contributed by atoms with Gasteiger partial charge in [-0.2, -0.15) is 0 Å². The molecule has 1 aliphatic heterocycles. The van der Waals surface area contributed by atoms with E-state index in [4.69, 9.17) is 9.47 Å². The second kappa shape index (κ2) is 12.5. The van der Waals surface area contributed by atoms with Crippen LogP contribution >= 0.6 is 0 Å². The number of cyclic esters (lactones) is 1. The molecule has 2 rings (SSSR count). The summed E-state index contributed by atoms with van der Waals surface area (Å²) in [7, 11) is 0. The predicted molar refractivity (Wildman–Crippen MR) is 102 cm³/mol. The molecule has 1 saturated heterocycles. The van der Waals surface area contributed by atoms with Crippen molar-refractivity contribution >= 4 is 11.9 Å². The number of carbonyl (C=O) groups is 2. The minimum atomic E-state index is -0.225. The minimum absolute atomic E-state index is 0.0134. The predicted octanol–water partition coefficient (Wildman–Crippen LogP) is 5.31. The summed E-state index contributed by atoms with van der Waals surface area (Å²) in [5.74, 6) is -0.0399. The van der Waals surface area contributed by atoms with Gasteiger partial charge in [0.1, 0.15) is 0 Å². The first-order chi connectivity index (χ1) is 12.8. The van der Waals surface area contributed by atoms with Gasteiger partial charge in [0.2, 0.25) is 0 Å². The van der Waals surface area contributed by atoms with E-state index in [1.54, 1.807) is 12.1 Å². The molecule has 1 heterocycles. The maximum Gasteiger partial charge on any atom is 0.338 e. The van der Waals surface area contributed by atoms with Crippen molar-refractivity contribution in [3.05, 3.63) is 35.9 Å². The minimum Gasteiger partial charge on any atom is -0.465 e. The van der Waals surface area contributed by atoms with Crippen molar-refractivity contribution in [3.8, 4) is 0 Å².